The molecule has 2 amide bonds. The molecule has 0 aliphatic carbocycles. The van der Waals surface area contributed by atoms with Crippen LogP contribution in [0.1, 0.15) is 28.4 Å². The molecule has 2 aliphatic rings. The number of hydrogen-bond donors (Lipinski definition) is 0. The van der Waals surface area contributed by atoms with Crippen molar-refractivity contribution in [1.82, 2.24) is 19.7 Å². The first-order valence-electron chi connectivity index (χ1n) is 8.45. The first-order valence-corrected chi connectivity index (χ1v) is 8.45. The number of hydrogen-bond acceptors (Lipinski definition) is 5. The Morgan fingerprint density at radius 1 is 1.12 bits per heavy atom. The lowest BCUT2D eigenvalue weighted by atomic mass is 9.96. The van der Waals surface area contributed by atoms with E-state index in [-0.39, 0.29) is 12.0 Å². The fourth-order valence-corrected chi connectivity index (χ4v) is 3.23. The molecule has 7 heteroatoms. The maximum atomic E-state index is 12.9. The zero-order chi connectivity index (χ0) is 17.1. The van der Waals surface area contributed by atoms with Gasteiger partial charge in [0.2, 0.25) is 0 Å². The summed E-state index contributed by atoms with van der Waals surface area (Å²) >= 11 is 0. The van der Waals surface area contributed by atoms with E-state index in [0.29, 0.717) is 31.7 Å². The Kier molecular flexibility index (Phi) is 4.99. The van der Waals surface area contributed by atoms with Crippen LogP contribution in [0.5, 0.6) is 0 Å². The van der Waals surface area contributed by atoms with E-state index >= 15 is 0 Å². The molecule has 7 nitrogen and oxygen atoms in total. The highest BCUT2D eigenvalue weighted by Crippen LogP contribution is 2.23. The molecule has 3 heterocycles. The molecule has 130 valence electrons. The summed E-state index contributed by atoms with van der Waals surface area (Å²) in [5.74, 6) is 0.0528. The SMILES string of the molecule is CCOC(=O)N1CCc2c(cncc2C(=O)N2CCN(C)CC2)C1. The number of piperazine rings is 1. The second-order valence-corrected chi connectivity index (χ2v) is 6.29. The molecule has 1 aromatic rings. The Bertz CT molecular complexity index is 626. The number of rotatable bonds is 2. The first-order chi connectivity index (χ1) is 11.6. The van der Waals surface area contributed by atoms with Gasteiger partial charge in [0.1, 0.15) is 0 Å². The lowest BCUT2D eigenvalue weighted by Crippen LogP contribution is -2.47. The van der Waals surface area contributed by atoms with Crippen LogP contribution in [-0.2, 0) is 17.7 Å². The maximum absolute atomic E-state index is 12.9. The Morgan fingerprint density at radius 2 is 1.88 bits per heavy atom. The summed E-state index contributed by atoms with van der Waals surface area (Å²) in [5, 5.41) is 0. The maximum Gasteiger partial charge on any atom is 0.410 e. The number of ether oxygens (including phenoxy) is 1. The van der Waals surface area contributed by atoms with Crippen LogP contribution in [0.25, 0.3) is 0 Å². The molecule has 0 bridgehead atoms. The van der Waals surface area contributed by atoms with Gasteiger partial charge >= 0.3 is 6.09 Å². The minimum atomic E-state index is -0.307. The number of aromatic nitrogens is 1. The number of fused-ring (bicyclic) bond motifs is 1. The standard InChI is InChI=1S/C17H24N4O3/c1-3-24-17(23)21-5-4-14-13(12-21)10-18-11-15(14)16(22)20-8-6-19(2)7-9-20/h10-11H,3-9,12H2,1-2H3. The van der Waals surface area contributed by atoms with Gasteiger partial charge in [0, 0.05) is 45.1 Å². The van der Waals surface area contributed by atoms with E-state index < -0.39 is 0 Å². The second kappa shape index (κ2) is 7.17. The number of carbonyl (C=O) groups is 2. The van der Waals surface area contributed by atoms with Crippen LogP contribution in [0.2, 0.25) is 0 Å². The summed E-state index contributed by atoms with van der Waals surface area (Å²) in [6.07, 6.45) is 3.77. The molecular formula is C17H24N4O3. The van der Waals surface area contributed by atoms with Gasteiger partial charge in [-0.1, -0.05) is 0 Å². The molecular weight excluding hydrogens is 308 g/mol. The molecule has 0 atom stereocenters. The van der Waals surface area contributed by atoms with E-state index in [0.717, 1.165) is 37.3 Å². The van der Waals surface area contributed by atoms with Crippen molar-refractivity contribution in [3.8, 4) is 0 Å². The zero-order valence-corrected chi connectivity index (χ0v) is 14.3. The Hall–Kier alpha value is -2.15. The third-order valence-corrected chi connectivity index (χ3v) is 4.69. The van der Waals surface area contributed by atoms with Crippen LogP contribution in [-0.4, -0.2) is 78.1 Å². The minimum absolute atomic E-state index is 0.0528. The van der Waals surface area contributed by atoms with Gasteiger partial charge in [0.15, 0.2) is 0 Å². The molecule has 1 fully saturated rings. The van der Waals surface area contributed by atoms with Crippen LogP contribution < -0.4 is 0 Å². The molecule has 0 spiro atoms. The van der Waals surface area contributed by atoms with Crippen molar-refractivity contribution >= 4 is 12.0 Å². The van der Waals surface area contributed by atoms with Gasteiger partial charge < -0.3 is 19.4 Å². The van der Waals surface area contributed by atoms with Crippen molar-refractivity contribution in [2.75, 3.05) is 46.4 Å². The quantitative estimate of drug-likeness (QED) is 0.808. The molecule has 2 aliphatic heterocycles. The van der Waals surface area contributed by atoms with Crippen molar-refractivity contribution in [3.05, 3.63) is 29.1 Å². The molecule has 1 aromatic heterocycles. The van der Waals surface area contributed by atoms with Gasteiger partial charge in [0.25, 0.3) is 5.91 Å². The molecule has 1 saturated heterocycles. The highest BCUT2D eigenvalue weighted by molar-refractivity contribution is 5.96. The van der Waals surface area contributed by atoms with Gasteiger partial charge in [0.05, 0.1) is 18.7 Å². The van der Waals surface area contributed by atoms with Crippen molar-refractivity contribution in [3.63, 3.8) is 0 Å². The monoisotopic (exact) mass is 332 g/mol. The summed E-state index contributed by atoms with van der Waals surface area (Å²) in [6.45, 7) is 6.45. The molecule has 0 saturated carbocycles. The van der Waals surface area contributed by atoms with Crippen molar-refractivity contribution < 1.29 is 14.3 Å². The highest BCUT2D eigenvalue weighted by atomic mass is 16.6. The van der Waals surface area contributed by atoms with Crippen molar-refractivity contribution in [1.29, 1.82) is 0 Å². The van der Waals surface area contributed by atoms with E-state index in [9.17, 15) is 9.59 Å². The molecule has 0 radical (unpaired) electrons. The number of nitrogens with zero attached hydrogens (tertiary/aromatic N) is 4. The molecule has 0 N–H and O–H groups in total. The Labute approximate surface area is 142 Å². The number of carbonyl (C=O) groups excluding carboxylic acids is 2. The number of pyridine rings is 1. The summed E-state index contributed by atoms with van der Waals surface area (Å²) in [4.78, 5) is 34.8. The lowest BCUT2D eigenvalue weighted by molar-refractivity contribution is 0.0661. The first kappa shape index (κ1) is 16.7. The van der Waals surface area contributed by atoms with E-state index in [1.165, 1.54) is 0 Å². The van der Waals surface area contributed by atoms with Crippen molar-refractivity contribution in [2.45, 2.75) is 19.9 Å². The van der Waals surface area contributed by atoms with Gasteiger partial charge in [-0.3, -0.25) is 9.78 Å². The third-order valence-electron chi connectivity index (χ3n) is 4.69. The van der Waals surface area contributed by atoms with Crippen LogP contribution in [0.15, 0.2) is 12.4 Å². The van der Waals surface area contributed by atoms with Crippen LogP contribution >= 0.6 is 0 Å². The van der Waals surface area contributed by atoms with Gasteiger partial charge in [-0.05, 0) is 31.5 Å². The summed E-state index contributed by atoms with van der Waals surface area (Å²) in [5.41, 5.74) is 2.64. The van der Waals surface area contributed by atoms with Gasteiger partial charge in [-0.2, -0.15) is 0 Å². The molecule has 0 aromatic carbocycles. The average molecular weight is 332 g/mol. The predicted octanol–water partition coefficient (Wildman–Crippen LogP) is 0.984. The van der Waals surface area contributed by atoms with Gasteiger partial charge in [-0.25, -0.2) is 4.79 Å². The van der Waals surface area contributed by atoms with E-state index in [1.54, 1.807) is 24.2 Å². The van der Waals surface area contributed by atoms with Crippen LogP contribution in [0.3, 0.4) is 0 Å². The summed E-state index contributed by atoms with van der Waals surface area (Å²) in [7, 11) is 2.07. The average Bonchev–Trinajstić information content (AvgIpc) is 2.61. The smallest absolute Gasteiger partial charge is 0.410 e. The number of amides is 2. The largest absolute Gasteiger partial charge is 0.450 e. The Balaban J connectivity index is 1.77. The second-order valence-electron chi connectivity index (χ2n) is 6.29. The normalized spacial score (nSPS) is 18.2. The van der Waals surface area contributed by atoms with Crippen molar-refractivity contribution in [2.24, 2.45) is 0 Å². The third kappa shape index (κ3) is 3.36. The number of likely N-dealkylation sites (N-methyl/N-ethyl adjacent to an activating group) is 1. The van der Waals surface area contributed by atoms with Crippen LogP contribution in [0, 0.1) is 0 Å². The minimum Gasteiger partial charge on any atom is -0.450 e. The van der Waals surface area contributed by atoms with E-state index in [1.807, 2.05) is 4.90 Å². The Morgan fingerprint density at radius 3 is 2.58 bits per heavy atom. The predicted molar refractivity (Wildman–Crippen MR) is 88.8 cm³/mol. The van der Waals surface area contributed by atoms with Gasteiger partial charge in [-0.15, -0.1) is 0 Å². The molecule has 24 heavy (non-hydrogen) atoms. The van der Waals surface area contributed by atoms with E-state index in [4.69, 9.17) is 4.74 Å². The highest BCUT2D eigenvalue weighted by Gasteiger charge is 2.28. The lowest BCUT2D eigenvalue weighted by Gasteiger charge is -2.34. The molecule has 0 unspecified atom stereocenters. The molecule has 3 rings (SSSR count). The van der Waals surface area contributed by atoms with E-state index in [2.05, 4.69) is 16.9 Å². The summed E-state index contributed by atoms with van der Waals surface area (Å²) in [6, 6.07) is 0. The zero-order valence-electron chi connectivity index (χ0n) is 14.3. The summed E-state index contributed by atoms with van der Waals surface area (Å²) < 4.78 is 5.07. The van der Waals surface area contributed by atoms with Crippen LogP contribution in [0.4, 0.5) is 4.79 Å². The fraction of sp³-hybridized carbons (Fsp3) is 0.588. The fourth-order valence-electron chi connectivity index (χ4n) is 3.23. The topological polar surface area (TPSA) is 66.0 Å².